The van der Waals surface area contributed by atoms with Crippen LogP contribution >= 0.6 is 0 Å². The Morgan fingerprint density at radius 3 is 1.71 bits per heavy atom. The molecule has 0 N–H and O–H groups in total. The average Bonchev–Trinajstić information content (AvgIpc) is 2.60. The quantitative estimate of drug-likeness (QED) is 0.546. The van der Waals surface area contributed by atoms with E-state index < -0.39 is 16.3 Å². The Morgan fingerprint density at radius 2 is 1.39 bits per heavy atom. The fourth-order valence-electron chi connectivity index (χ4n) is 3.17. The third-order valence-corrected chi connectivity index (χ3v) is 6.60. The summed E-state index contributed by atoms with van der Waals surface area (Å²) in [6.07, 6.45) is 1.28. The van der Waals surface area contributed by atoms with Crippen LogP contribution in [0, 0.1) is 0 Å². The first-order chi connectivity index (χ1) is 13.1. The Kier molecular flexibility index (Phi) is 9.44. The summed E-state index contributed by atoms with van der Waals surface area (Å²) in [6, 6.07) is 5.43. The summed E-state index contributed by atoms with van der Waals surface area (Å²) in [7, 11) is -4.27. The van der Waals surface area contributed by atoms with Crippen molar-refractivity contribution >= 4 is 22.0 Å². The summed E-state index contributed by atoms with van der Waals surface area (Å²) in [5.41, 5.74) is 1.60. The highest BCUT2D eigenvalue weighted by Gasteiger charge is 2.34. The zero-order valence-electron chi connectivity index (χ0n) is 18.1. The summed E-state index contributed by atoms with van der Waals surface area (Å²) in [6.45, 7) is 12.2. The number of carbonyl (C=O) groups is 1. The number of anilines is 1. The lowest BCUT2D eigenvalue weighted by molar-refractivity contribution is -0.244. The van der Waals surface area contributed by atoms with E-state index in [-0.39, 0.29) is 17.5 Å². The molecule has 0 saturated heterocycles. The Bertz CT molecular complexity index is 711. The molecule has 1 rings (SSSR count). The van der Waals surface area contributed by atoms with Crippen molar-refractivity contribution in [3.05, 3.63) is 29.3 Å². The van der Waals surface area contributed by atoms with Crippen LogP contribution in [0.15, 0.2) is 18.2 Å². The van der Waals surface area contributed by atoms with Gasteiger partial charge in [-0.3, -0.25) is 0 Å². The number of benzene rings is 1. The predicted octanol–water partition coefficient (Wildman–Crippen LogP) is 4.23. The van der Waals surface area contributed by atoms with Gasteiger partial charge in [0.15, 0.2) is 6.09 Å². The van der Waals surface area contributed by atoms with Gasteiger partial charge in [-0.1, -0.05) is 72.6 Å². The van der Waals surface area contributed by atoms with Gasteiger partial charge in [-0.2, -0.15) is 12.7 Å². The molecule has 0 bridgehead atoms. The smallest absolute Gasteiger partial charge is 0.309 e. The summed E-state index contributed by atoms with van der Waals surface area (Å²) in [5, 5.41) is 12.2. The highest BCUT2D eigenvalue weighted by atomic mass is 32.2. The summed E-state index contributed by atoms with van der Waals surface area (Å²) in [5.74, 6) is -0.0732. The van der Waals surface area contributed by atoms with Gasteiger partial charge < -0.3 is 9.90 Å². The molecule has 7 heteroatoms. The molecular weight excluding hydrogens is 376 g/mol. The molecule has 0 saturated carbocycles. The van der Waals surface area contributed by atoms with Gasteiger partial charge in [0, 0.05) is 13.1 Å². The molecule has 0 heterocycles. The van der Waals surface area contributed by atoms with E-state index in [2.05, 4.69) is 0 Å². The molecule has 1 aromatic carbocycles. The highest BCUT2D eigenvalue weighted by molar-refractivity contribution is 7.91. The fourth-order valence-corrected chi connectivity index (χ4v) is 4.75. The Balaban J connectivity index is 3.65. The van der Waals surface area contributed by atoms with Gasteiger partial charge in [-0.05, 0) is 35.8 Å². The topological polar surface area (TPSA) is 80.8 Å². The second-order valence-corrected chi connectivity index (χ2v) is 9.52. The monoisotopic (exact) mass is 411 g/mol. The molecule has 0 aliphatic carbocycles. The fraction of sp³-hybridized carbons (Fsp3) is 0.667. The highest BCUT2D eigenvalue weighted by Crippen LogP contribution is 2.37. The lowest BCUT2D eigenvalue weighted by Gasteiger charge is -2.35. The lowest BCUT2D eigenvalue weighted by Crippen LogP contribution is -2.53. The summed E-state index contributed by atoms with van der Waals surface area (Å²) in [4.78, 5) is 12.2. The van der Waals surface area contributed by atoms with Crippen molar-refractivity contribution in [3.8, 4) is 0 Å². The molecule has 160 valence electrons. The van der Waals surface area contributed by atoms with Crippen LogP contribution in [-0.4, -0.2) is 31.9 Å². The zero-order chi connectivity index (χ0) is 21.5. The van der Waals surface area contributed by atoms with Crippen molar-refractivity contribution < 1.29 is 18.3 Å². The Labute approximate surface area is 170 Å². The number of nitrogens with zero attached hydrogens (tertiary/aromatic N) is 2. The molecule has 0 atom stereocenters. The minimum atomic E-state index is -4.27. The van der Waals surface area contributed by atoms with Crippen molar-refractivity contribution in [3.63, 3.8) is 0 Å². The maximum atomic E-state index is 13.5. The Morgan fingerprint density at radius 1 is 0.964 bits per heavy atom. The van der Waals surface area contributed by atoms with E-state index in [0.717, 1.165) is 12.8 Å². The van der Waals surface area contributed by atoms with Gasteiger partial charge in [-0.15, -0.1) is 0 Å². The summed E-state index contributed by atoms with van der Waals surface area (Å²) < 4.78 is 28.7. The van der Waals surface area contributed by atoms with Gasteiger partial charge in [0.1, 0.15) is 0 Å². The van der Waals surface area contributed by atoms with Crippen molar-refractivity contribution in [2.75, 3.05) is 17.4 Å². The van der Waals surface area contributed by atoms with E-state index in [1.165, 1.54) is 4.31 Å². The molecule has 1 aromatic rings. The number of rotatable bonds is 11. The maximum Gasteiger partial charge on any atom is 0.309 e. The van der Waals surface area contributed by atoms with Gasteiger partial charge in [-0.25, -0.2) is 4.31 Å². The minimum Gasteiger partial charge on any atom is -0.529 e. The van der Waals surface area contributed by atoms with Crippen LogP contribution in [-0.2, 0) is 10.2 Å². The van der Waals surface area contributed by atoms with Gasteiger partial charge >= 0.3 is 10.2 Å². The van der Waals surface area contributed by atoms with Gasteiger partial charge in [0.25, 0.3) is 0 Å². The molecule has 0 radical (unpaired) electrons. The average molecular weight is 412 g/mol. The van der Waals surface area contributed by atoms with Crippen LogP contribution in [0.2, 0.25) is 0 Å². The van der Waals surface area contributed by atoms with Crippen LogP contribution in [0.25, 0.3) is 0 Å². The first-order valence-corrected chi connectivity index (χ1v) is 11.6. The van der Waals surface area contributed by atoms with Crippen LogP contribution in [0.4, 0.5) is 10.5 Å². The van der Waals surface area contributed by atoms with Crippen LogP contribution in [0.3, 0.4) is 0 Å². The SMILES string of the molecule is CCCCN(CCCC)S(=O)(=O)N(C(=O)[O-])c1c(C(C)C)cccc1C(C)C. The number of carboxylic acid groups (broad SMARTS) is 1. The van der Waals surface area contributed by atoms with E-state index in [0.29, 0.717) is 41.4 Å². The molecule has 0 spiro atoms. The van der Waals surface area contributed by atoms with Gasteiger partial charge in [0.05, 0.1) is 5.69 Å². The van der Waals surface area contributed by atoms with Crippen molar-refractivity contribution in [2.45, 2.75) is 79.1 Å². The first-order valence-electron chi connectivity index (χ1n) is 10.2. The summed E-state index contributed by atoms with van der Waals surface area (Å²) >= 11 is 0. The van der Waals surface area contributed by atoms with E-state index in [1.54, 1.807) is 12.1 Å². The molecule has 0 fully saturated rings. The van der Waals surface area contributed by atoms with E-state index in [9.17, 15) is 18.3 Å². The number of hydrogen-bond donors (Lipinski definition) is 0. The number of para-hydroxylation sites is 1. The number of unbranched alkanes of at least 4 members (excludes halogenated alkanes) is 2. The number of carbonyl (C=O) groups excluding carboxylic acids is 1. The maximum absolute atomic E-state index is 13.5. The van der Waals surface area contributed by atoms with Crippen LogP contribution in [0.5, 0.6) is 0 Å². The molecule has 28 heavy (non-hydrogen) atoms. The second kappa shape index (κ2) is 10.8. The second-order valence-electron chi connectivity index (χ2n) is 7.74. The van der Waals surface area contributed by atoms with E-state index >= 15 is 0 Å². The number of amides is 1. The van der Waals surface area contributed by atoms with Gasteiger partial charge in [0.2, 0.25) is 0 Å². The van der Waals surface area contributed by atoms with Crippen LogP contribution < -0.4 is 9.41 Å². The van der Waals surface area contributed by atoms with Crippen LogP contribution in [0.1, 0.15) is 90.2 Å². The largest absolute Gasteiger partial charge is 0.529 e. The molecule has 0 unspecified atom stereocenters. The minimum absolute atomic E-state index is 0.0366. The third-order valence-electron chi connectivity index (χ3n) is 4.79. The van der Waals surface area contributed by atoms with E-state index in [4.69, 9.17) is 0 Å². The van der Waals surface area contributed by atoms with Crippen molar-refractivity contribution in [1.82, 2.24) is 4.31 Å². The third kappa shape index (κ3) is 5.70. The van der Waals surface area contributed by atoms with Crippen molar-refractivity contribution in [1.29, 1.82) is 0 Å². The normalized spacial score (nSPS) is 12.2. The molecule has 0 aromatic heterocycles. The van der Waals surface area contributed by atoms with Crippen molar-refractivity contribution in [2.24, 2.45) is 0 Å². The molecule has 0 aliphatic rings. The first kappa shape index (κ1) is 24.4. The Hall–Kier alpha value is -1.60. The standard InChI is InChI=1S/C21H36N2O4S/c1-7-9-14-22(15-10-8-2)28(26,27)23(21(24)25)20-18(16(3)4)12-11-13-19(20)17(5)6/h11-13,16-17H,7-10,14-15H2,1-6H3,(H,24,25)/p-1. The van der Waals surface area contributed by atoms with E-state index in [1.807, 2.05) is 47.6 Å². The predicted molar refractivity (Wildman–Crippen MR) is 113 cm³/mol. The number of hydrogen-bond acceptors (Lipinski definition) is 4. The molecule has 6 nitrogen and oxygen atoms in total. The molecule has 1 amide bonds. The lowest BCUT2D eigenvalue weighted by atomic mass is 9.93. The zero-order valence-corrected chi connectivity index (χ0v) is 18.9. The molecule has 0 aliphatic heterocycles. The molecular formula is C21H35N2O4S-.